The summed E-state index contributed by atoms with van der Waals surface area (Å²) in [6.07, 6.45) is 2.73. The van der Waals surface area contributed by atoms with Crippen molar-refractivity contribution in [3.05, 3.63) is 22.4 Å². The predicted octanol–water partition coefficient (Wildman–Crippen LogP) is 1.45. The van der Waals surface area contributed by atoms with Crippen LogP contribution in [0.4, 0.5) is 0 Å². The van der Waals surface area contributed by atoms with Crippen LogP contribution < -0.4 is 5.32 Å². The SMILES string of the molecule is CN=C(NCCN1CCCS1(=O)=O)N(C)Cc1cc(Br)cn1C.I. The van der Waals surface area contributed by atoms with Crippen LogP contribution in [0.15, 0.2) is 21.7 Å². The van der Waals surface area contributed by atoms with E-state index >= 15 is 0 Å². The summed E-state index contributed by atoms with van der Waals surface area (Å²) in [5.41, 5.74) is 1.16. The number of sulfonamides is 1. The highest BCUT2D eigenvalue weighted by Crippen LogP contribution is 2.15. The standard InChI is InChI=1S/C14H24BrN5O2S.HI/c1-16-14(17-5-7-20-6-4-8-23(20,21)22)19(3)11-13-9-12(15)10-18(13)2;/h9-10H,4-8,11H2,1-3H3,(H,16,17);1H. The molecule has 0 atom stereocenters. The van der Waals surface area contributed by atoms with Gasteiger partial charge in [0, 0.05) is 57.1 Å². The molecule has 2 heterocycles. The van der Waals surface area contributed by atoms with Gasteiger partial charge in [0.2, 0.25) is 10.0 Å². The van der Waals surface area contributed by atoms with Crippen molar-refractivity contribution in [1.29, 1.82) is 0 Å². The molecule has 1 aliphatic heterocycles. The van der Waals surface area contributed by atoms with Crippen LogP contribution in [0.25, 0.3) is 0 Å². The molecule has 1 aliphatic rings. The second-order valence-corrected chi connectivity index (χ2v) is 8.66. The number of hydrogen-bond acceptors (Lipinski definition) is 3. The topological polar surface area (TPSA) is 69.9 Å². The molecule has 10 heteroatoms. The Kier molecular flexibility index (Phi) is 8.50. The Morgan fingerprint density at radius 1 is 1.50 bits per heavy atom. The van der Waals surface area contributed by atoms with Crippen LogP contribution in [0.2, 0.25) is 0 Å². The molecule has 0 bridgehead atoms. The van der Waals surface area contributed by atoms with Crippen LogP contribution in [-0.4, -0.2) is 67.6 Å². The molecule has 1 saturated heterocycles. The number of aliphatic imine (C=N–C) groups is 1. The fraction of sp³-hybridized carbons (Fsp3) is 0.643. The third-order valence-electron chi connectivity index (χ3n) is 3.89. The molecule has 2 rings (SSSR count). The van der Waals surface area contributed by atoms with Gasteiger partial charge < -0.3 is 14.8 Å². The van der Waals surface area contributed by atoms with E-state index in [4.69, 9.17) is 0 Å². The van der Waals surface area contributed by atoms with E-state index in [2.05, 4.69) is 36.9 Å². The molecular formula is C14H25BrIN5O2S. The molecule has 0 radical (unpaired) electrons. The third-order valence-corrected chi connectivity index (χ3v) is 6.28. The minimum Gasteiger partial charge on any atom is -0.355 e. The molecule has 1 aromatic rings. The minimum absolute atomic E-state index is 0. The van der Waals surface area contributed by atoms with Crippen molar-refractivity contribution in [2.45, 2.75) is 13.0 Å². The van der Waals surface area contributed by atoms with Crippen LogP contribution in [-0.2, 0) is 23.6 Å². The summed E-state index contributed by atoms with van der Waals surface area (Å²) >= 11 is 3.47. The van der Waals surface area contributed by atoms with Crippen molar-refractivity contribution in [2.75, 3.05) is 39.5 Å². The highest BCUT2D eigenvalue weighted by atomic mass is 127. The monoisotopic (exact) mass is 533 g/mol. The van der Waals surface area contributed by atoms with Gasteiger partial charge in [-0.05, 0) is 28.4 Å². The van der Waals surface area contributed by atoms with E-state index < -0.39 is 10.0 Å². The Labute approximate surface area is 169 Å². The zero-order chi connectivity index (χ0) is 17.0. The summed E-state index contributed by atoms with van der Waals surface area (Å²) < 4.78 is 28.2. The summed E-state index contributed by atoms with van der Waals surface area (Å²) in [7, 11) is 2.66. The molecule has 0 spiro atoms. The number of guanidine groups is 1. The number of rotatable bonds is 5. The number of nitrogens with one attached hydrogen (secondary N) is 1. The predicted molar refractivity (Wildman–Crippen MR) is 111 cm³/mol. The first-order valence-corrected chi connectivity index (χ1v) is 9.94. The van der Waals surface area contributed by atoms with Gasteiger partial charge >= 0.3 is 0 Å². The van der Waals surface area contributed by atoms with Crippen molar-refractivity contribution in [1.82, 2.24) is 19.1 Å². The van der Waals surface area contributed by atoms with Crippen molar-refractivity contribution in [2.24, 2.45) is 12.0 Å². The van der Waals surface area contributed by atoms with Crippen LogP contribution >= 0.6 is 39.9 Å². The maximum atomic E-state index is 11.8. The second kappa shape index (κ2) is 9.39. The average Bonchev–Trinajstić information content (AvgIpc) is 2.96. The average molecular weight is 534 g/mol. The first-order chi connectivity index (χ1) is 10.8. The Bertz CT molecular complexity index is 677. The maximum absolute atomic E-state index is 11.8. The number of hydrogen-bond donors (Lipinski definition) is 1. The summed E-state index contributed by atoms with van der Waals surface area (Å²) in [6.45, 7) is 2.36. The van der Waals surface area contributed by atoms with E-state index in [1.165, 1.54) is 0 Å². The van der Waals surface area contributed by atoms with Gasteiger partial charge in [-0.3, -0.25) is 4.99 Å². The number of aryl methyl sites for hydroxylation is 1. The van der Waals surface area contributed by atoms with Crippen molar-refractivity contribution >= 4 is 55.9 Å². The quantitative estimate of drug-likeness (QED) is 0.353. The first kappa shape index (κ1) is 21.7. The molecule has 7 nitrogen and oxygen atoms in total. The second-order valence-electron chi connectivity index (χ2n) is 5.66. The lowest BCUT2D eigenvalue weighted by molar-refractivity contribution is 0.429. The van der Waals surface area contributed by atoms with Gasteiger partial charge in [0.05, 0.1) is 12.3 Å². The molecule has 0 saturated carbocycles. The van der Waals surface area contributed by atoms with E-state index in [9.17, 15) is 8.42 Å². The summed E-state index contributed by atoms with van der Waals surface area (Å²) in [4.78, 5) is 6.28. The fourth-order valence-corrected chi connectivity index (χ4v) is 4.76. The maximum Gasteiger partial charge on any atom is 0.214 e. The van der Waals surface area contributed by atoms with Gasteiger partial charge in [0.15, 0.2) is 5.96 Å². The Hall–Kier alpha value is -0.330. The lowest BCUT2D eigenvalue weighted by Crippen LogP contribution is -2.42. The van der Waals surface area contributed by atoms with Crippen molar-refractivity contribution < 1.29 is 8.42 Å². The zero-order valence-electron chi connectivity index (χ0n) is 14.2. The first-order valence-electron chi connectivity index (χ1n) is 7.54. The zero-order valence-corrected chi connectivity index (χ0v) is 18.9. The van der Waals surface area contributed by atoms with Crippen molar-refractivity contribution in [3.63, 3.8) is 0 Å². The molecule has 0 aromatic carbocycles. The third kappa shape index (κ3) is 5.60. The van der Waals surface area contributed by atoms with Gasteiger partial charge in [-0.15, -0.1) is 24.0 Å². The van der Waals surface area contributed by atoms with Crippen molar-refractivity contribution in [3.8, 4) is 0 Å². The normalized spacial score (nSPS) is 17.6. The molecular weight excluding hydrogens is 509 g/mol. The highest BCUT2D eigenvalue weighted by Gasteiger charge is 2.27. The summed E-state index contributed by atoms with van der Waals surface area (Å²) in [5, 5.41) is 3.23. The molecule has 1 fully saturated rings. The lowest BCUT2D eigenvalue weighted by atomic mass is 10.4. The molecule has 0 unspecified atom stereocenters. The molecule has 1 N–H and O–H groups in total. The van der Waals surface area contributed by atoms with Gasteiger partial charge in [0.25, 0.3) is 0 Å². The van der Waals surface area contributed by atoms with E-state index in [1.807, 2.05) is 25.2 Å². The van der Waals surface area contributed by atoms with Gasteiger partial charge in [0.1, 0.15) is 0 Å². The van der Waals surface area contributed by atoms with E-state index in [-0.39, 0.29) is 29.7 Å². The van der Waals surface area contributed by atoms with Crippen LogP contribution in [0.1, 0.15) is 12.1 Å². The smallest absolute Gasteiger partial charge is 0.214 e. The Morgan fingerprint density at radius 2 is 2.21 bits per heavy atom. The summed E-state index contributed by atoms with van der Waals surface area (Å²) in [6, 6.07) is 2.07. The minimum atomic E-state index is -3.03. The van der Waals surface area contributed by atoms with Crippen LogP contribution in [0.5, 0.6) is 0 Å². The number of halogens is 2. The molecule has 0 aliphatic carbocycles. The van der Waals surface area contributed by atoms with Gasteiger partial charge in [-0.25, -0.2) is 12.7 Å². The van der Waals surface area contributed by atoms with E-state index in [0.29, 0.717) is 26.2 Å². The largest absolute Gasteiger partial charge is 0.355 e. The van der Waals surface area contributed by atoms with Crippen LogP contribution in [0.3, 0.4) is 0 Å². The van der Waals surface area contributed by atoms with Crippen LogP contribution in [0, 0.1) is 0 Å². The highest BCUT2D eigenvalue weighted by molar-refractivity contribution is 14.0. The Balaban J connectivity index is 0.00000288. The fourth-order valence-electron chi connectivity index (χ4n) is 2.66. The van der Waals surface area contributed by atoms with E-state index in [1.54, 1.807) is 11.4 Å². The molecule has 138 valence electrons. The lowest BCUT2D eigenvalue weighted by Gasteiger charge is -2.23. The molecule has 0 amide bonds. The summed E-state index contributed by atoms with van der Waals surface area (Å²) in [5.74, 6) is 1.02. The number of nitrogens with zero attached hydrogens (tertiary/aromatic N) is 4. The Morgan fingerprint density at radius 3 is 2.71 bits per heavy atom. The van der Waals surface area contributed by atoms with Gasteiger partial charge in [-0.2, -0.15) is 0 Å². The molecule has 24 heavy (non-hydrogen) atoms. The molecule has 1 aromatic heterocycles. The van der Waals surface area contributed by atoms with Gasteiger partial charge in [-0.1, -0.05) is 0 Å². The number of aromatic nitrogens is 1. The van der Waals surface area contributed by atoms with E-state index in [0.717, 1.165) is 22.5 Å².